The van der Waals surface area contributed by atoms with E-state index in [4.69, 9.17) is 11.6 Å². The molecule has 0 aliphatic carbocycles. The molecule has 2 rings (SSSR count). The van der Waals surface area contributed by atoms with Crippen molar-refractivity contribution in [2.45, 2.75) is 12.6 Å². The van der Waals surface area contributed by atoms with Gasteiger partial charge in [0.15, 0.2) is 0 Å². The van der Waals surface area contributed by atoms with Crippen LogP contribution in [0, 0.1) is 0 Å². The van der Waals surface area contributed by atoms with Crippen molar-refractivity contribution in [3.63, 3.8) is 0 Å². The lowest BCUT2D eigenvalue weighted by Gasteiger charge is -2.12. The summed E-state index contributed by atoms with van der Waals surface area (Å²) < 4.78 is 1.67. The van der Waals surface area contributed by atoms with Gasteiger partial charge in [0.2, 0.25) is 0 Å². The molecule has 0 spiro atoms. The second-order valence-electron chi connectivity index (χ2n) is 3.27. The molecule has 1 aromatic carbocycles. The Labute approximate surface area is 92.9 Å². The van der Waals surface area contributed by atoms with Gasteiger partial charge in [0, 0.05) is 23.0 Å². The molecule has 0 fully saturated rings. The van der Waals surface area contributed by atoms with Gasteiger partial charge in [-0.1, -0.05) is 29.8 Å². The summed E-state index contributed by atoms with van der Waals surface area (Å²) >= 11 is 5.97. The van der Waals surface area contributed by atoms with Crippen LogP contribution < -0.4 is 0 Å². The normalized spacial score (nSPS) is 12.7. The van der Waals surface area contributed by atoms with Gasteiger partial charge < -0.3 is 5.11 Å². The van der Waals surface area contributed by atoms with Crippen molar-refractivity contribution in [3.8, 4) is 0 Å². The number of hydrogen-bond donors (Lipinski definition) is 1. The van der Waals surface area contributed by atoms with Gasteiger partial charge in [-0.2, -0.15) is 5.10 Å². The first kappa shape index (κ1) is 10.2. The fourth-order valence-corrected chi connectivity index (χ4v) is 1.69. The second-order valence-corrected chi connectivity index (χ2v) is 3.67. The van der Waals surface area contributed by atoms with E-state index < -0.39 is 6.10 Å². The minimum atomic E-state index is -0.626. The summed E-state index contributed by atoms with van der Waals surface area (Å²) in [6, 6.07) is 9.10. The van der Waals surface area contributed by atoms with Crippen molar-refractivity contribution >= 4 is 11.6 Å². The van der Waals surface area contributed by atoms with Crippen LogP contribution in [0.3, 0.4) is 0 Å². The Kier molecular flexibility index (Phi) is 3.04. The van der Waals surface area contributed by atoms with E-state index >= 15 is 0 Å². The zero-order valence-electron chi connectivity index (χ0n) is 8.05. The quantitative estimate of drug-likeness (QED) is 0.865. The first-order valence-electron chi connectivity index (χ1n) is 4.67. The molecule has 0 saturated heterocycles. The van der Waals surface area contributed by atoms with Gasteiger partial charge in [-0.25, -0.2) is 0 Å². The van der Waals surface area contributed by atoms with E-state index in [1.54, 1.807) is 23.1 Å². The molecule has 1 unspecified atom stereocenters. The Morgan fingerprint density at radius 2 is 2.13 bits per heavy atom. The number of hydrogen-bond acceptors (Lipinski definition) is 2. The van der Waals surface area contributed by atoms with Gasteiger partial charge in [-0.05, 0) is 12.1 Å². The summed E-state index contributed by atoms with van der Waals surface area (Å²) in [5, 5.41) is 14.5. The number of nitrogens with zero attached hydrogens (tertiary/aromatic N) is 2. The Morgan fingerprint density at radius 1 is 1.33 bits per heavy atom. The molecule has 1 atom stereocenters. The molecule has 0 aliphatic rings. The summed E-state index contributed by atoms with van der Waals surface area (Å²) in [5.41, 5.74) is 0.731. The molecule has 0 saturated carbocycles. The average Bonchev–Trinajstić information content (AvgIpc) is 2.71. The summed E-state index contributed by atoms with van der Waals surface area (Å²) in [4.78, 5) is 0. The summed E-state index contributed by atoms with van der Waals surface area (Å²) in [7, 11) is 0. The first-order valence-corrected chi connectivity index (χ1v) is 5.05. The number of aliphatic hydroxyl groups is 1. The third-order valence-corrected chi connectivity index (χ3v) is 2.53. The van der Waals surface area contributed by atoms with Crippen molar-refractivity contribution in [3.05, 3.63) is 53.3 Å². The average molecular weight is 223 g/mol. The zero-order valence-corrected chi connectivity index (χ0v) is 8.80. The van der Waals surface area contributed by atoms with Gasteiger partial charge in [-0.15, -0.1) is 0 Å². The van der Waals surface area contributed by atoms with Crippen molar-refractivity contribution < 1.29 is 5.11 Å². The second kappa shape index (κ2) is 4.47. The maximum Gasteiger partial charge on any atom is 0.1000 e. The Hall–Kier alpha value is -1.32. The molecule has 2 aromatic rings. The number of halogens is 1. The van der Waals surface area contributed by atoms with E-state index in [9.17, 15) is 5.11 Å². The molecule has 1 heterocycles. The molecule has 0 amide bonds. The van der Waals surface area contributed by atoms with E-state index in [-0.39, 0.29) is 0 Å². The van der Waals surface area contributed by atoms with E-state index in [2.05, 4.69) is 5.10 Å². The number of rotatable bonds is 3. The molecule has 1 N–H and O–H groups in total. The number of aromatic nitrogens is 2. The smallest absolute Gasteiger partial charge is 0.1000 e. The Balaban J connectivity index is 2.15. The Bertz CT molecular complexity index is 428. The van der Waals surface area contributed by atoms with Crippen molar-refractivity contribution in [2.24, 2.45) is 0 Å². The third kappa shape index (κ3) is 2.37. The van der Waals surface area contributed by atoms with E-state index in [1.165, 1.54) is 0 Å². The lowest BCUT2D eigenvalue weighted by molar-refractivity contribution is 0.151. The summed E-state index contributed by atoms with van der Waals surface area (Å²) in [6.07, 6.45) is 2.86. The van der Waals surface area contributed by atoms with E-state index in [0.29, 0.717) is 11.6 Å². The maximum absolute atomic E-state index is 9.93. The van der Waals surface area contributed by atoms with Gasteiger partial charge in [-0.3, -0.25) is 4.68 Å². The highest BCUT2D eigenvalue weighted by Gasteiger charge is 2.11. The highest BCUT2D eigenvalue weighted by atomic mass is 35.5. The Morgan fingerprint density at radius 3 is 2.80 bits per heavy atom. The fraction of sp³-hybridized carbons (Fsp3) is 0.182. The highest BCUT2D eigenvalue weighted by Crippen LogP contribution is 2.23. The number of aliphatic hydroxyl groups excluding tert-OH is 1. The molecular weight excluding hydrogens is 212 g/mol. The van der Waals surface area contributed by atoms with Crippen LogP contribution in [0.4, 0.5) is 0 Å². The largest absolute Gasteiger partial charge is 0.386 e. The molecule has 0 radical (unpaired) electrons. The van der Waals surface area contributed by atoms with Crippen LogP contribution in [0.1, 0.15) is 11.7 Å². The molecule has 0 aliphatic heterocycles. The van der Waals surface area contributed by atoms with Gasteiger partial charge in [0.1, 0.15) is 0 Å². The topological polar surface area (TPSA) is 38.0 Å². The monoisotopic (exact) mass is 222 g/mol. The third-order valence-electron chi connectivity index (χ3n) is 2.18. The molecule has 0 bridgehead atoms. The molecule has 4 heteroatoms. The maximum atomic E-state index is 9.93. The highest BCUT2D eigenvalue weighted by molar-refractivity contribution is 6.31. The van der Waals surface area contributed by atoms with Gasteiger partial charge in [0.25, 0.3) is 0 Å². The molecule has 15 heavy (non-hydrogen) atoms. The lowest BCUT2D eigenvalue weighted by Crippen LogP contribution is -2.09. The standard InChI is InChI=1S/C11H11ClN2O/c12-10-5-2-1-4-9(10)11(15)8-14-7-3-6-13-14/h1-7,11,15H,8H2. The first-order chi connectivity index (χ1) is 7.27. The van der Waals surface area contributed by atoms with Gasteiger partial charge in [0.05, 0.1) is 12.6 Å². The minimum absolute atomic E-state index is 0.413. The molecule has 1 aromatic heterocycles. The molecular formula is C11H11ClN2O. The fourth-order valence-electron chi connectivity index (χ4n) is 1.43. The van der Waals surface area contributed by atoms with Gasteiger partial charge >= 0.3 is 0 Å². The van der Waals surface area contributed by atoms with Crippen LogP contribution in [0.5, 0.6) is 0 Å². The van der Waals surface area contributed by atoms with Crippen LogP contribution in [0.2, 0.25) is 5.02 Å². The SMILES string of the molecule is OC(Cn1cccn1)c1ccccc1Cl. The number of benzene rings is 1. The summed E-state index contributed by atoms with van der Waals surface area (Å²) in [6.45, 7) is 0.413. The predicted molar refractivity (Wildman–Crippen MR) is 58.6 cm³/mol. The van der Waals surface area contributed by atoms with Crippen LogP contribution >= 0.6 is 11.6 Å². The van der Waals surface area contributed by atoms with Crippen molar-refractivity contribution in [2.75, 3.05) is 0 Å². The predicted octanol–water partition coefficient (Wildman–Crippen LogP) is 2.27. The van der Waals surface area contributed by atoms with E-state index in [0.717, 1.165) is 5.56 Å². The van der Waals surface area contributed by atoms with Crippen molar-refractivity contribution in [1.82, 2.24) is 9.78 Å². The van der Waals surface area contributed by atoms with Crippen LogP contribution in [-0.4, -0.2) is 14.9 Å². The van der Waals surface area contributed by atoms with E-state index in [1.807, 2.05) is 24.3 Å². The van der Waals surface area contributed by atoms with Crippen LogP contribution in [0.25, 0.3) is 0 Å². The molecule has 3 nitrogen and oxygen atoms in total. The van der Waals surface area contributed by atoms with Crippen molar-refractivity contribution in [1.29, 1.82) is 0 Å². The minimum Gasteiger partial charge on any atom is -0.386 e. The van der Waals surface area contributed by atoms with Crippen LogP contribution in [-0.2, 0) is 6.54 Å². The zero-order chi connectivity index (χ0) is 10.7. The summed E-state index contributed by atoms with van der Waals surface area (Å²) in [5.74, 6) is 0. The van der Waals surface area contributed by atoms with Crippen LogP contribution in [0.15, 0.2) is 42.7 Å². The molecule has 78 valence electrons. The lowest BCUT2D eigenvalue weighted by atomic mass is 10.1.